The largest absolute Gasteiger partial charge is 0.348 e. The van der Waals surface area contributed by atoms with Gasteiger partial charge in [0, 0.05) is 6.54 Å². The summed E-state index contributed by atoms with van der Waals surface area (Å²) in [4.78, 5) is 27.9. The summed E-state index contributed by atoms with van der Waals surface area (Å²) in [6.45, 7) is 2.62. The number of nitrogens with one attached hydrogen (secondary N) is 1. The normalized spacial score (nSPS) is 18.9. The second kappa shape index (κ2) is 7.62. The third-order valence-electron chi connectivity index (χ3n) is 4.46. The van der Waals surface area contributed by atoms with E-state index in [0.717, 1.165) is 24.8 Å². The van der Waals surface area contributed by atoms with Crippen LogP contribution in [0.15, 0.2) is 47.8 Å². The van der Waals surface area contributed by atoms with Crippen LogP contribution >= 0.6 is 11.3 Å². The average Bonchev–Trinajstić information content (AvgIpc) is 3.16. The number of amides is 2. The van der Waals surface area contributed by atoms with Crippen molar-refractivity contribution in [1.29, 1.82) is 0 Å². The maximum atomic E-state index is 12.8. The van der Waals surface area contributed by atoms with Gasteiger partial charge < -0.3 is 10.2 Å². The van der Waals surface area contributed by atoms with Gasteiger partial charge in [0.05, 0.1) is 10.9 Å². The van der Waals surface area contributed by atoms with Crippen molar-refractivity contribution in [3.05, 3.63) is 58.3 Å². The summed E-state index contributed by atoms with van der Waals surface area (Å²) in [5.41, 5.74) is 1.07. The lowest BCUT2D eigenvalue weighted by molar-refractivity contribution is -0.127. The lowest BCUT2D eigenvalue weighted by Crippen LogP contribution is -2.52. The predicted molar refractivity (Wildman–Crippen MR) is 96.0 cm³/mol. The highest BCUT2D eigenvalue weighted by molar-refractivity contribution is 7.12. The molecule has 1 aliphatic rings. The summed E-state index contributed by atoms with van der Waals surface area (Å²) in [6.07, 6.45) is 2.66. The topological polar surface area (TPSA) is 49.4 Å². The second-order valence-electron chi connectivity index (χ2n) is 6.13. The van der Waals surface area contributed by atoms with Crippen molar-refractivity contribution in [1.82, 2.24) is 10.2 Å². The van der Waals surface area contributed by atoms with E-state index in [4.69, 9.17) is 0 Å². The fourth-order valence-electron chi connectivity index (χ4n) is 3.12. The van der Waals surface area contributed by atoms with Gasteiger partial charge in [0.25, 0.3) is 5.91 Å². The lowest BCUT2D eigenvalue weighted by Gasteiger charge is -2.35. The molecule has 0 aliphatic carbocycles. The standard InChI is InChI=1S/C19H22N2O2S/c1-14(15-8-3-2-4-9-15)20-18(22)16-10-5-6-12-21(16)19(23)17-11-7-13-24-17/h2-4,7-9,11,13-14,16H,5-6,10,12H2,1H3,(H,20,22). The van der Waals surface area contributed by atoms with E-state index in [-0.39, 0.29) is 23.9 Å². The van der Waals surface area contributed by atoms with Crippen molar-refractivity contribution in [3.63, 3.8) is 0 Å². The van der Waals surface area contributed by atoms with Crippen molar-refractivity contribution in [3.8, 4) is 0 Å². The van der Waals surface area contributed by atoms with E-state index in [2.05, 4.69) is 5.32 Å². The van der Waals surface area contributed by atoms with Crippen LogP contribution in [0.3, 0.4) is 0 Å². The summed E-state index contributed by atoms with van der Waals surface area (Å²) in [7, 11) is 0. The Morgan fingerprint density at radius 1 is 1.17 bits per heavy atom. The van der Waals surface area contributed by atoms with Gasteiger partial charge >= 0.3 is 0 Å². The number of rotatable bonds is 4. The van der Waals surface area contributed by atoms with Crippen molar-refractivity contribution in [2.45, 2.75) is 38.3 Å². The Morgan fingerprint density at radius 3 is 2.67 bits per heavy atom. The molecule has 1 fully saturated rings. The quantitative estimate of drug-likeness (QED) is 0.922. The van der Waals surface area contributed by atoms with Crippen molar-refractivity contribution in [2.24, 2.45) is 0 Å². The molecule has 1 aromatic carbocycles. The summed E-state index contributed by atoms with van der Waals surface area (Å²) < 4.78 is 0. The molecule has 1 saturated heterocycles. The number of carbonyl (C=O) groups excluding carboxylic acids is 2. The van der Waals surface area contributed by atoms with Crippen LogP contribution in [-0.4, -0.2) is 29.3 Å². The summed E-state index contributed by atoms with van der Waals surface area (Å²) in [6, 6.07) is 13.1. The minimum Gasteiger partial charge on any atom is -0.348 e. The molecule has 3 rings (SSSR count). The van der Waals surface area contributed by atoms with Crippen LogP contribution in [0.5, 0.6) is 0 Å². The van der Waals surface area contributed by atoms with Crippen molar-refractivity contribution >= 4 is 23.2 Å². The number of piperidine rings is 1. The monoisotopic (exact) mass is 342 g/mol. The van der Waals surface area contributed by atoms with Gasteiger partial charge in [-0.05, 0) is 43.2 Å². The molecular formula is C19H22N2O2S. The third kappa shape index (κ3) is 3.67. The highest BCUT2D eigenvalue weighted by atomic mass is 32.1. The van der Waals surface area contributed by atoms with Crippen LogP contribution in [0.4, 0.5) is 0 Å². The van der Waals surface area contributed by atoms with Gasteiger partial charge in [-0.15, -0.1) is 11.3 Å². The zero-order valence-corrected chi connectivity index (χ0v) is 14.6. The molecule has 1 aromatic heterocycles. The molecule has 2 heterocycles. The molecular weight excluding hydrogens is 320 g/mol. The molecule has 0 bridgehead atoms. The SMILES string of the molecule is CC(NC(=O)C1CCCCN1C(=O)c1cccs1)c1ccccc1. The minimum atomic E-state index is -0.375. The summed E-state index contributed by atoms with van der Waals surface area (Å²) in [5.74, 6) is -0.0897. The molecule has 2 aromatic rings. The van der Waals surface area contributed by atoms with E-state index < -0.39 is 0 Å². The fourth-order valence-corrected chi connectivity index (χ4v) is 3.80. The number of hydrogen-bond acceptors (Lipinski definition) is 3. The molecule has 2 unspecified atom stereocenters. The number of likely N-dealkylation sites (tertiary alicyclic amines) is 1. The number of nitrogens with zero attached hydrogens (tertiary/aromatic N) is 1. The Labute approximate surface area is 146 Å². The molecule has 2 atom stereocenters. The fraction of sp³-hybridized carbons (Fsp3) is 0.368. The number of hydrogen-bond donors (Lipinski definition) is 1. The van der Waals surface area contributed by atoms with Gasteiger partial charge in [0.15, 0.2) is 0 Å². The Balaban J connectivity index is 1.70. The Bertz CT molecular complexity index is 685. The third-order valence-corrected chi connectivity index (χ3v) is 5.31. The molecule has 1 N–H and O–H groups in total. The number of carbonyl (C=O) groups is 2. The highest BCUT2D eigenvalue weighted by Crippen LogP contribution is 2.23. The Morgan fingerprint density at radius 2 is 1.96 bits per heavy atom. The summed E-state index contributed by atoms with van der Waals surface area (Å²) in [5, 5.41) is 4.96. The Kier molecular flexibility index (Phi) is 5.30. The first-order chi connectivity index (χ1) is 11.7. The van der Waals surface area contributed by atoms with Gasteiger partial charge in [0.1, 0.15) is 6.04 Å². The molecule has 126 valence electrons. The van der Waals surface area contributed by atoms with Gasteiger partial charge in [-0.2, -0.15) is 0 Å². The number of benzene rings is 1. The van der Waals surface area contributed by atoms with Crippen LogP contribution in [0.1, 0.15) is 47.5 Å². The van der Waals surface area contributed by atoms with Crippen molar-refractivity contribution in [2.75, 3.05) is 6.54 Å². The zero-order valence-electron chi connectivity index (χ0n) is 13.8. The second-order valence-corrected chi connectivity index (χ2v) is 7.08. The van der Waals surface area contributed by atoms with Gasteiger partial charge in [-0.3, -0.25) is 9.59 Å². The molecule has 1 aliphatic heterocycles. The van der Waals surface area contributed by atoms with Gasteiger partial charge in [-0.25, -0.2) is 0 Å². The molecule has 0 saturated carbocycles. The number of thiophene rings is 1. The molecule has 0 spiro atoms. The minimum absolute atomic E-state index is 0.0304. The first kappa shape index (κ1) is 16.7. The van der Waals surface area contributed by atoms with Gasteiger partial charge in [0.2, 0.25) is 5.91 Å². The smallest absolute Gasteiger partial charge is 0.264 e. The zero-order chi connectivity index (χ0) is 16.9. The molecule has 24 heavy (non-hydrogen) atoms. The van der Waals surface area contributed by atoms with E-state index >= 15 is 0 Å². The van der Waals surface area contributed by atoms with E-state index in [1.54, 1.807) is 4.90 Å². The van der Waals surface area contributed by atoms with Crippen LogP contribution < -0.4 is 5.32 Å². The van der Waals surface area contributed by atoms with Crippen LogP contribution in [0.2, 0.25) is 0 Å². The highest BCUT2D eigenvalue weighted by Gasteiger charge is 2.33. The van der Waals surface area contributed by atoms with Gasteiger partial charge in [-0.1, -0.05) is 36.4 Å². The van der Waals surface area contributed by atoms with Crippen LogP contribution in [-0.2, 0) is 4.79 Å². The molecule has 2 amide bonds. The lowest BCUT2D eigenvalue weighted by atomic mass is 10.00. The first-order valence-corrected chi connectivity index (χ1v) is 9.24. The summed E-state index contributed by atoms with van der Waals surface area (Å²) >= 11 is 1.43. The maximum Gasteiger partial charge on any atom is 0.264 e. The molecule has 5 heteroatoms. The van der Waals surface area contributed by atoms with E-state index in [0.29, 0.717) is 11.4 Å². The predicted octanol–water partition coefficient (Wildman–Crippen LogP) is 3.62. The van der Waals surface area contributed by atoms with E-state index in [1.807, 2.05) is 54.8 Å². The first-order valence-electron chi connectivity index (χ1n) is 8.36. The molecule has 0 radical (unpaired) electrons. The Hall–Kier alpha value is -2.14. The van der Waals surface area contributed by atoms with Crippen molar-refractivity contribution < 1.29 is 9.59 Å². The van der Waals surface area contributed by atoms with E-state index in [9.17, 15) is 9.59 Å². The van der Waals surface area contributed by atoms with Crippen LogP contribution in [0.25, 0.3) is 0 Å². The average molecular weight is 342 g/mol. The molecule has 4 nitrogen and oxygen atoms in total. The van der Waals surface area contributed by atoms with Crippen LogP contribution in [0, 0.1) is 0 Å². The van der Waals surface area contributed by atoms with E-state index in [1.165, 1.54) is 11.3 Å². The maximum absolute atomic E-state index is 12.8.